The van der Waals surface area contributed by atoms with Crippen LogP contribution in [0.4, 0.5) is 0 Å². The van der Waals surface area contributed by atoms with Gasteiger partial charge in [0.25, 0.3) is 0 Å². The molecule has 1 aliphatic heterocycles. The summed E-state index contributed by atoms with van der Waals surface area (Å²) < 4.78 is 4.86. The maximum atomic E-state index is 12.4. The molecule has 1 saturated heterocycles. The van der Waals surface area contributed by atoms with Crippen LogP contribution in [0.2, 0.25) is 0 Å². The summed E-state index contributed by atoms with van der Waals surface area (Å²) in [4.78, 5) is 23.9. The van der Waals surface area contributed by atoms with Gasteiger partial charge in [-0.2, -0.15) is 0 Å². The fourth-order valence-electron chi connectivity index (χ4n) is 2.36. The van der Waals surface area contributed by atoms with E-state index in [9.17, 15) is 9.59 Å². The molecule has 1 unspecified atom stereocenters. The predicted octanol–water partition coefficient (Wildman–Crippen LogP) is 2.59. The number of benzene rings is 2. The van der Waals surface area contributed by atoms with Crippen LogP contribution in [-0.2, 0) is 9.53 Å². The van der Waals surface area contributed by atoms with Crippen LogP contribution in [-0.4, -0.2) is 18.4 Å². The van der Waals surface area contributed by atoms with E-state index in [0.717, 1.165) is 10.8 Å². The van der Waals surface area contributed by atoms with Crippen LogP contribution in [0.1, 0.15) is 16.8 Å². The number of carbonyl (C=O) groups is 2. The summed E-state index contributed by atoms with van der Waals surface area (Å²) in [7, 11) is 0. The van der Waals surface area contributed by atoms with Gasteiger partial charge in [0.05, 0.1) is 6.61 Å². The Bertz CT molecular complexity index is 625. The van der Waals surface area contributed by atoms with E-state index in [4.69, 9.17) is 4.74 Å². The van der Waals surface area contributed by atoms with Gasteiger partial charge in [-0.05, 0) is 10.8 Å². The average molecular weight is 240 g/mol. The summed E-state index contributed by atoms with van der Waals surface area (Å²) in [5, 5.41) is 1.90. The molecule has 0 spiro atoms. The zero-order valence-electron chi connectivity index (χ0n) is 9.76. The van der Waals surface area contributed by atoms with Crippen molar-refractivity contribution in [3.8, 4) is 0 Å². The third-order valence-corrected chi connectivity index (χ3v) is 3.31. The fourth-order valence-corrected chi connectivity index (χ4v) is 2.36. The van der Waals surface area contributed by atoms with Gasteiger partial charge in [-0.1, -0.05) is 42.5 Å². The molecule has 0 saturated carbocycles. The zero-order valence-corrected chi connectivity index (χ0v) is 9.76. The number of fused-ring (bicyclic) bond motifs is 1. The summed E-state index contributed by atoms with van der Waals surface area (Å²) in [5.74, 6) is -1.15. The Balaban J connectivity index is 2.09. The van der Waals surface area contributed by atoms with Gasteiger partial charge in [0.15, 0.2) is 5.78 Å². The van der Waals surface area contributed by atoms with E-state index >= 15 is 0 Å². The highest BCUT2D eigenvalue weighted by Crippen LogP contribution is 2.25. The van der Waals surface area contributed by atoms with E-state index in [2.05, 4.69) is 0 Å². The SMILES string of the molecule is O=C1OCCC1C(=O)c1cccc2ccccc12. The van der Waals surface area contributed by atoms with Crippen molar-refractivity contribution >= 4 is 22.5 Å². The first-order valence-electron chi connectivity index (χ1n) is 5.96. The summed E-state index contributed by atoms with van der Waals surface area (Å²) in [6, 6.07) is 13.3. The van der Waals surface area contributed by atoms with Crippen LogP contribution < -0.4 is 0 Å². The number of ether oxygens (including phenoxy) is 1. The molecular formula is C15H12O3. The smallest absolute Gasteiger partial charge is 0.316 e. The molecule has 2 aromatic carbocycles. The second-order valence-corrected chi connectivity index (χ2v) is 4.40. The average Bonchev–Trinajstić information content (AvgIpc) is 2.83. The lowest BCUT2D eigenvalue weighted by Gasteiger charge is -2.08. The Hall–Kier alpha value is -2.16. The van der Waals surface area contributed by atoms with E-state index < -0.39 is 11.9 Å². The molecule has 1 fully saturated rings. The molecule has 1 aliphatic rings. The topological polar surface area (TPSA) is 43.4 Å². The van der Waals surface area contributed by atoms with Crippen molar-refractivity contribution in [1.82, 2.24) is 0 Å². The standard InChI is InChI=1S/C15H12O3/c16-14(13-8-9-18-15(13)17)12-7-3-5-10-4-1-2-6-11(10)12/h1-7,13H,8-9H2. The fraction of sp³-hybridized carbons (Fsp3) is 0.200. The number of esters is 1. The summed E-state index contributed by atoms with van der Waals surface area (Å²) in [5.41, 5.74) is 0.608. The quantitative estimate of drug-likeness (QED) is 0.460. The largest absolute Gasteiger partial charge is 0.465 e. The second kappa shape index (κ2) is 4.26. The van der Waals surface area contributed by atoms with Crippen molar-refractivity contribution in [1.29, 1.82) is 0 Å². The molecular weight excluding hydrogens is 228 g/mol. The summed E-state index contributed by atoms with van der Waals surface area (Å²) in [6.07, 6.45) is 0.487. The van der Waals surface area contributed by atoms with Crippen molar-refractivity contribution in [2.24, 2.45) is 5.92 Å². The zero-order chi connectivity index (χ0) is 12.5. The normalized spacial score (nSPS) is 18.9. The van der Waals surface area contributed by atoms with Crippen molar-refractivity contribution in [2.75, 3.05) is 6.61 Å². The lowest BCUT2D eigenvalue weighted by Crippen LogP contribution is -2.19. The van der Waals surface area contributed by atoms with Crippen LogP contribution in [0.25, 0.3) is 10.8 Å². The highest BCUT2D eigenvalue weighted by Gasteiger charge is 2.34. The van der Waals surface area contributed by atoms with Gasteiger partial charge in [-0.15, -0.1) is 0 Å². The van der Waals surface area contributed by atoms with Gasteiger partial charge in [0, 0.05) is 12.0 Å². The van der Waals surface area contributed by atoms with Gasteiger partial charge in [-0.25, -0.2) is 0 Å². The first-order valence-corrected chi connectivity index (χ1v) is 5.96. The van der Waals surface area contributed by atoms with Crippen LogP contribution >= 0.6 is 0 Å². The third-order valence-electron chi connectivity index (χ3n) is 3.31. The number of hydrogen-bond donors (Lipinski definition) is 0. The lowest BCUT2D eigenvalue weighted by atomic mass is 9.93. The van der Waals surface area contributed by atoms with E-state index in [-0.39, 0.29) is 5.78 Å². The number of cyclic esters (lactones) is 1. The molecule has 0 N–H and O–H groups in total. The minimum absolute atomic E-state index is 0.130. The predicted molar refractivity (Wildman–Crippen MR) is 67.3 cm³/mol. The Kier molecular flexibility index (Phi) is 2.59. The molecule has 3 heteroatoms. The number of hydrogen-bond acceptors (Lipinski definition) is 3. The monoisotopic (exact) mass is 240 g/mol. The summed E-state index contributed by atoms with van der Waals surface area (Å²) >= 11 is 0. The highest BCUT2D eigenvalue weighted by atomic mass is 16.5. The molecule has 0 aliphatic carbocycles. The van der Waals surface area contributed by atoms with E-state index in [1.165, 1.54) is 0 Å². The van der Waals surface area contributed by atoms with Gasteiger partial charge in [0.2, 0.25) is 0 Å². The van der Waals surface area contributed by atoms with Crippen LogP contribution in [0.15, 0.2) is 42.5 Å². The van der Waals surface area contributed by atoms with Crippen molar-refractivity contribution in [3.63, 3.8) is 0 Å². The Labute approximate surface area is 104 Å². The van der Waals surface area contributed by atoms with Crippen LogP contribution in [0, 0.1) is 5.92 Å². The van der Waals surface area contributed by atoms with Crippen molar-refractivity contribution in [2.45, 2.75) is 6.42 Å². The molecule has 0 bridgehead atoms. The number of carbonyl (C=O) groups excluding carboxylic acids is 2. The molecule has 2 aromatic rings. The molecule has 3 rings (SSSR count). The Morgan fingerprint density at radius 3 is 2.67 bits per heavy atom. The maximum absolute atomic E-state index is 12.4. The van der Waals surface area contributed by atoms with Gasteiger partial charge >= 0.3 is 5.97 Å². The van der Waals surface area contributed by atoms with Crippen LogP contribution in [0.5, 0.6) is 0 Å². The first-order chi connectivity index (χ1) is 8.77. The molecule has 90 valence electrons. The molecule has 18 heavy (non-hydrogen) atoms. The Morgan fingerprint density at radius 1 is 1.11 bits per heavy atom. The molecule has 0 amide bonds. The van der Waals surface area contributed by atoms with Gasteiger partial charge in [0.1, 0.15) is 5.92 Å². The third kappa shape index (κ3) is 1.68. The molecule has 0 radical (unpaired) electrons. The van der Waals surface area contributed by atoms with Crippen molar-refractivity contribution < 1.29 is 14.3 Å². The van der Waals surface area contributed by atoms with E-state index in [0.29, 0.717) is 18.6 Å². The maximum Gasteiger partial charge on any atom is 0.316 e. The Morgan fingerprint density at radius 2 is 1.89 bits per heavy atom. The second-order valence-electron chi connectivity index (χ2n) is 4.40. The molecule has 1 atom stereocenters. The van der Waals surface area contributed by atoms with E-state index in [1.54, 1.807) is 6.07 Å². The minimum Gasteiger partial charge on any atom is -0.465 e. The number of ketones is 1. The first kappa shape index (κ1) is 11.0. The number of rotatable bonds is 2. The summed E-state index contributed by atoms with van der Waals surface area (Å²) in [6.45, 7) is 0.347. The van der Waals surface area contributed by atoms with Gasteiger partial charge in [-0.3, -0.25) is 9.59 Å². The van der Waals surface area contributed by atoms with Crippen LogP contribution in [0.3, 0.4) is 0 Å². The molecule has 3 nitrogen and oxygen atoms in total. The van der Waals surface area contributed by atoms with Crippen molar-refractivity contribution in [3.05, 3.63) is 48.0 Å². The van der Waals surface area contributed by atoms with Gasteiger partial charge < -0.3 is 4.74 Å². The minimum atomic E-state index is -0.629. The number of Topliss-reactive ketones (excluding diaryl/α,β-unsaturated/α-hetero) is 1. The highest BCUT2D eigenvalue weighted by molar-refractivity contribution is 6.15. The molecule has 0 aromatic heterocycles. The lowest BCUT2D eigenvalue weighted by molar-refractivity contribution is -0.140. The van der Waals surface area contributed by atoms with E-state index in [1.807, 2.05) is 36.4 Å². The molecule has 1 heterocycles.